The summed E-state index contributed by atoms with van der Waals surface area (Å²) in [6.45, 7) is 2.24. The van der Waals surface area contributed by atoms with Gasteiger partial charge in [0.25, 0.3) is 0 Å². The molecule has 0 saturated carbocycles. The molecule has 2 amide bonds. The molecule has 1 fully saturated rings. The highest BCUT2D eigenvalue weighted by atomic mass is 32.2. The van der Waals surface area contributed by atoms with Gasteiger partial charge >= 0.3 is 0 Å². The van der Waals surface area contributed by atoms with Crippen molar-refractivity contribution < 1.29 is 9.59 Å². The average Bonchev–Trinajstić information content (AvgIpc) is 2.57. The van der Waals surface area contributed by atoms with Gasteiger partial charge in [0.05, 0.1) is 5.25 Å². The van der Waals surface area contributed by atoms with E-state index >= 15 is 0 Å². The molecule has 5 nitrogen and oxygen atoms in total. The van der Waals surface area contributed by atoms with Crippen LogP contribution in [-0.2, 0) is 9.59 Å². The molecule has 17 heavy (non-hydrogen) atoms. The van der Waals surface area contributed by atoms with Crippen molar-refractivity contribution in [3.05, 3.63) is 18.3 Å². The number of hydrogen-bond acceptors (Lipinski definition) is 5. The van der Waals surface area contributed by atoms with E-state index in [1.807, 2.05) is 0 Å². The van der Waals surface area contributed by atoms with E-state index in [0.29, 0.717) is 12.4 Å². The minimum atomic E-state index is -0.326. The van der Waals surface area contributed by atoms with Crippen LogP contribution in [-0.4, -0.2) is 33.5 Å². The molecule has 2 N–H and O–H groups in total. The van der Waals surface area contributed by atoms with Crippen molar-refractivity contribution in [3.63, 3.8) is 0 Å². The Bertz CT molecular complexity index is 447. The van der Waals surface area contributed by atoms with Crippen molar-refractivity contribution in [3.8, 4) is 0 Å². The molecule has 90 valence electrons. The molecular formula is C11H13N3O2S. The molecule has 2 heterocycles. The number of anilines is 1. The number of nitrogens with zero attached hydrogens (tertiary/aromatic N) is 2. The standard InChI is InChI=1S/C11H13N3O2S/c1-2-14-10(15)5-8(11(14)16)17-7-3-4-9(12)13-6-7/h3-4,6,8H,2,5H2,1H3,(H2,12,13). The fourth-order valence-electron chi connectivity index (χ4n) is 1.70. The predicted molar refractivity (Wildman–Crippen MR) is 65.3 cm³/mol. The first-order valence-electron chi connectivity index (χ1n) is 5.34. The highest BCUT2D eigenvalue weighted by molar-refractivity contribution is 8.00. The number of amides is 2. The fraction of sp³-hybridized carbons (Fsp3) is 0.364. The summed E-state index contributed by atoms with van der Waals surface area (Å²) in [4.78, 5) is 29.5. The Morgan fingerprint density at radius 3 is 2.82 bits per heavy atom. The van der Waals surface area contributed by atoms with E-state index in [-0.39, 0.29) is 23.5 Å². The molecule has 0 bridgehead atoms. The SMILES string of the molecule is CCN1C(=O)CC(Sc2ccc(N)nc2)C1=O. The van der Waals surface area contributed by atoms with Crippen molar-refractivity contribution in [1.82, 2.24) is 9.88 Å². The van der Waals surface area contributed by atoms with Crippen LogP contribution >= 0.6 is 11.8 Å². The number of nitrogen functional groups attached to an aromatic ring is 1. The molecule has 1 saturated heterocycles. The maximum Gasteiger partial charge on any atom is 0.243 e. The van der Waals surface area contributed by atoms with Gasteiger partial charge in [0.1, 0.15) is 5.82 Å². The quantitative estimate of drug-likeness (QED) is 0.808. The Balaban J connectivity index is 2.08. The molecule has 1 unspecified atom stereocenters. The van der Waals surface area contributed by atoms with Gasteiger partial charge in [-0.15, -0.1) is 11.8 Å². The molecule has 6 heteroatoms. The third kappa shape index (κ3) is 2.41. The van der Waals surface area contributed by atoms with Crippen LogP contribution in [0.5, 0.6) is 0 Å². The van der Waals surface area contributed by atoms with Crippen molar-refractivity contribution in [1.29, 1.82) is 0 Å². The van der Waals surface area contributed by atoms with Gasteiger partial charge in [-0.25, -0.2) is 4.98 Å². The first kappa shape index (κ1) is 11.9. The van der Waals surface area contributed by atoms with Crippen LogP contribution in [0.15, 0.2) is 23.2 Å². The molecule has 1 aromatic rings. The van der Waals surface area contributed by atoms with Crippen LogP contribution in [0.25, 0.3) is 0 Å². The number of carbonyl (C=O) groups is 2. The van der Waals surface area contributed by atoms with Gasteiger partial charge in [-0.1, -0.05) is 0 Å². The summed E-state index contributed by atoms with van der Waals surface area (Å²) in [6, 6.07) is 3.49. The number of hydrogen-bond donors (Lipinski definition) is 1. The summed E-state index contributed by atoms with van der Waals surface area (Å²) in [5.41, 5.74) is 5.48. The third-order valence-electron chi connectivity index (χ3n) is 2.56. The minimum Gasteiger partial charge on any atom is -0.384 e. The summed E-state index contributed by atoms with van der Waals surface area (Å²) < 4.78 is 0. The minimum absolute atomic E-state index is 0.0987. The molecule has 1 aromatic heterocycles. The second-order valence-corrected chi connectivity index (χ2v) is 4.98. The highest BCUT2D eigenvalue weighted by Crippen LogP contribution is 2.30. The van der Waals surface area contributed by atoms with Gasteiger partial charge in [-0.2, -0.15) is 0 Å². The summed E-state index contributed by atoms with van der Waals surface area (Å²) >= 11 is 1.36. The van der Waals surface area contributed by atoms with E-state index in [0.717, 1.165) is 4.90 Å². The number of pyridine rings is 1. The van der Waals surface area contributed by atoms with Crippen LogP contribution in [0.1, 0.15) is 13.3 Å². The van der Waals surface area contributed by atoms with E-state index in [4.69, 9.17) is 5.73 Å². The third-order valence-corrected chi connectivity index (χ3v) is 3.72. The molecular weight excluding hydrogens is 238 g/mol. The Labute approximate surface area is 103 Å². The zero-order valence-corrected chi connectivity index (χ0v) is 10.2. The van der Waals surface area contributed by atoms with Crippen LogP contribution in [0.2, 0.25) is 0 Å². The lowest BCUT2D eigenvalue weighted by atomic mass is 10.4. The second kappa shape index (κ2) is 4.75. The van der Waals surface area contributed by atoms with Crippen LogP contribution in [0.4, 0.5) is 5.82 Å². The lowest BCUT2D eigenvalue weighted by Gasteiger charge is -2.11. The van der Waals surface area contributed by atoms with E-state index in [9.17, 15) is 9.59 Å². The lowest BCUT2D eigenvalue weighted by molar-refractivity contribution is -0.137. The number of likely N-dealkylation sites (tertiary alicyclic amines) is 1. The summed E-state index contributed by atoms with van der Waals surface area (Å²) in [5.74, 6) is 0.232. The molecule has 0 spiro atoms. The normalized spacial score (nSPS) is 20.1. The number of rotatable bonds is 3. The van der Waals surface area contributed by atoms with E-state index in [1.165, 1.54) is 16.7 Å². The molecule has 0 aromatic carbocycles. The van der Waals surface area contributed by atoms with Gasteiger partial charge < -0.3 is 5.73 Å². The first-order valence-corrected chi connectivity index (χ1v) is 6.22. The van der Waals surface area contributed by atoms with Gasteiger partial charge in [0, 0.05) is 24.1 Å². The Hall–Kier alpha value is -1.56. The van der Waals surface area contributed by atoms with Crippen molar-refractivity contribution in [2.45, 2.75) is 23.5 Å². The number of nitrogens with two attached hydrogens (primary N) is 1. The van der Waals surface area contributed by atoms with Crippen LogP contribution in [0, 0.1) is 0 Å². The monoisotopic (exact) mass is 251 g/mol. The number of imide groups is 1. The Kier molecular flexibility index (Phi) is 3.33. The van der Waals surface area contributed by atoms with Gasteiger partial charge in [0.15, 0.2) is 0 Å². The van der Waals surface area contributed by atoms with E-state index < -0.39 is 0 Å². The zero-order valence-electron chi connectivity index (χ0n) is 9.42. The van der Waals surface area contributed by atoms with Crippen molar-refractivity contribution >= 4 is 29.4 Å². The van der Waals surface area contributed by atoms with E-state index in [1.54, 1.807) is 25.3 Å². The van der Waals surface area contributed by atoms with Gasteiger partial charge in [-0.05, 0) is 19.1 Å². The summed E-state index contributed by atoms with van der Waals surface area (Å²) in [7, 11) is 0. The van der Waals surface area contributed by atoms with Crippen molar-refractivity contribution in [2.24, 2.45) is 0 Å². The Morgan fingerprint density at radius 1 is 1.53 bits per heavy atom. The smallest absolute Gasteiger partial charge is 0.243 e. The number of carbonyl (C=O) groups excluding carboxylic acids is 2. The van der Waals surface area contributed by atoms with Crippen LogP contribution in [0.3, 0.4) is 0 Å². The zero-order chi connectivity index (χ0) is 12.4. The predicted octanol–water partition coefficient (Wildman–Crippen LogP) is 0.903. The average molecular weight is 251 g/mol. The summed E-state index contributed by atoms with van der Waals surface area (Å²) in [6.07, 6.45) is 1.88. The lowest BCUT2D eigenvalue weighted by Crippen LogP contribution is -2.30. The first-order chi connectivity index (χ1) is 8.11. The maximum atomic E-state index is 11.9. The fourth-order valence-corrected chi connectivity index (χ4v) is 2.75. The topological polar surface area (TPSA) is 76.3 Å². The maximum absolute atomic E-state index is 11.9. The molecule has 2 rings (SSSR count). The highest BCUT2D eigenvalue weighted by Gasteiger charge is 2.38. The van der Waals surface area contributed by atoms with Gasteiger partial charge in [0.2, 0.25) is 11.8 Å². The Morgan fingerprint density at radius 2 is 2.29 bits per heavy atom. The van der Waals surface area contributed by atoms with E-state index in [2.05, 4.69) is 4.98 Å². The molecule has 1 aliphatic rings. The molecule has 0 radical (unpaired) electrons. The number of aromatic nitrogens is 1. The molecule has 0 aliphatic carbocycles. The molecule has 1 aliphatic heterocycles. The van der Waals surface area contributed by atoms with Gasteiger partial charge in [-0.3, -0.25) is 14.5 Å². The van der Waals surface area contributed by atoms with Crippen LogP contribution < -0.4 is 5.73 Å². The summed E-state index contributed by atoms with van der Waals surface area (Å²) in [5, 5.41) is -0.326. The largest absolute Gasteiger partial charge is 0.384 e. The second-order valence-electron chi connectivity index (χ2n) is 3.71. The van der Waals surface area contributed by atoms with Crippen molar-refractivity contribution in [2.75, 3.05) is 12.3 Å². The number of thioether (sulfide) groups is 1. The molecule has 1 atom stereocenters.